The second-order valence-corrected chi connectivity index (χ2v) is 3.64. The first-order valence-corrected chi connectivity index (χ1v) is 4.79. The van der Waals surface area contributed by atoms with Gasteiger partial charge < -0.3 is 0 Å². The number of hydrogen-bond donors (Lipinski definition) is 0. The SMILES string of the molecule is CC1CCCCC1CN=C=S. The number of isothiocyanates is 1. The molecule has 1 nitrogen and oxygen atoms in total. The minimum atomic E-state index is 0.777. The Morgan fingerprint density at radius 2 is 2.18 bits per heavy atom. The van der Waals surface area contributed by atoms with Crippen LogP contribution in [0, 0.1) is 11.8 Å². The molecule has 0 bridgehead atoms. The fourth-order valence-corrected chi connectivity index (χ4v) is 1.89. The van der Waals surface area contributed by atoms with Gasteiger partial charge in [-0.1, -0.05) is 26.2 Å². The minimum absolute atomic E-state index is 0.777. The van der Waals surface area contributed by atoms with E-state index in [0.717, 1.165) is 18.4 Å². The molecule has 0 spiro atoms. The van der Waals surface area contributed by atoms with E-state index in [2.05, 4.69) is 29.3 Å². The zero-order valence-electron chi connectivity index (χ0n) is 7.05. The molecule has 1 fully saturated rings. The lowest BCUT2D eigenvalue weighted by Crippen LogP contribution is -2.19. The van der Waals surface area contributed by atoms with Gasteiger partial charge in [0.1, 0.15) is 0 Å². The lowest BCUT2D eigenvalue weighted by molar-refractivity contribution is 0.264. The quantitative estimate of drug-likeness (QED) is 0.457. The van der Waals surface area contributed by atoms with Crippen LogP contribution < -0.4 is 0 Å². The molecule has 0 aromatic heterocycles. The van der Waals surface area contributed by atoms with Crippen molar-refractivity contribution in [1.29, 1.82) is 0 Å². The molecule has 2 heteroatoms. The van der Waals surface area contributed by atoms with Gasteiger partial charge in [-0.05, 0) is 30.5 Å². The Kier molecular flexibility index (Phi) is 3.74. The Hall–Kier alpha value is -0.200. The number of hydrogen-bond acceptors (Lipinski definition) is 2. The number of rotatable bonds is 2. The first-order chi connectivity index (χ1) is 5.34. The molecule has 0 aromatic carbocycles. The Bertz CT molecular complexity index is 161. The van der Waals surface area contributed by atoms with Crippen LogP contribution in [0.4, 0.5) is 0 Å². The maximum atomic E-state index is 4.54. The van der Waals surface area contributed by atoms with Crippen molar-refractivity contribution < 1.29 is 0 Å². The van der Waals surface area contributed by atoms with E-state index in [1.807, 2.05) is 0 Å². The molecule has 0 amide bonds. The highest BCUT2D eigenvalue weighted by atomic mass is 32.1. The molecule has 62 valence electrons. The lowest BCUT2D eigenvalue weighted by Gasteiger charge is -2.26. The highest BCUT2D eigenvalue weighted by molar-refractivity contribution is 7.78. The molecule has 2 unspecified atom stereocenters. The largest absolute Gasteiger partial charge is 0.232 e. The highest BCUT2D eigenvalue weighted by Crippen LogP contribution is 2.29. The van der Waals surface area contributed by atoms with E-state index in [4.69, 9.17) is 0 Å². The fourth-order valence-electron chi connectivity index (χ4n) is 1.82. The summed E-state index contributed by atoms with van der Waals surface area (Å²) in [5.41, 5.74) is 0. The van der Waals surface area contributed by atoms with Crippen LogP contribution in [-0.2, 0) is 0 Å². The van der Waals surface area contributed by atoms with Crippen LogP contribution in [0.3, 0.4) is 0 Å². The van der Waals surface area contributed by atoms with Gasteiger partial charge in [0.05, 0.1) is 11.7 Å². The molecule has 0 N–H and O–H groups in total. The molecule has 2 atom stereocenters. The van der Waals surface area contributed by atoms with Gasteiger partial charge in [0.25, 0.3) is 0 Å². The van der Waals surface area contributed by atoms with E-state index >= 15 is 0 Å². The predicted octanol–water partition coefficient (Wildman–Crippen LogP) is 2.92. The van der Waals surface area contributed by atoms with Crippen LogP contribution in [0.2, 0.25) is 0 Å². The van der Waals surface area contributed by atoms with Crippen LogP contribution in [-0.4, -0.2) is 11.7 Å². The second kappa shape index (κ2) is 4.63. The van der Waals surface area contributed by atoms with E-state index in [-0.39, 0.29) is 0 Å². The molecule has 1 saturated carbocycles. The van der Waals surface area contributed by atoms with Crippen molar-refractivity contribution in [1.82, 2.24) is 0 Å². The molecule has 0 heterocycles. The summed E-state index contributed by atoms with van der Waals surface area (Å²) in [6, 6.07) is 0. The molecular weight excluding hydrogens is 154 g/mol. The highest BCUT2D eigenvalue weighted by Gasteiger charge is 2.20. The summed E-state index contributed by atoms with van der Waals surface area (Å²) >= 11 is 4.54. The van der Waals surface area contributed by atoms with Gasteiger partial charge in [0, 0.05) is 0 Å². The predicted molar refractivity (Wildman–Crippen MR) is 51.0 cm³/mol. The second-order valence-electron chi connectivity index (χ2n) is 3.45. The van der Waals surface area contributed by atoms with Crippen molar-refractivity contribution in [3.63, 3.8) is 0 Å². The molecule has 0 radical (unpaired) electrons. The molecular formula is C9H15NS. The van der Waals surface area contributed by atoms with Gasteiger partial charge in [0.15, 0.2) is 0 Å². The Labute approximate surface area is 73.9 Å². The minimum Gasteiger partial charge on any atom is -0.232 e. The molecule has 1 aliphatic carbocycles. The van der Waals surface area contributed by atoms with Crippen molar-refractivity contribution in [3.05, 3.63) is 0 Å². The fraction of sp³-hybridized carbons (Fsp3) is 0.889. The van der Waals surface area contributed by atoms with E-state index < -0.39 is 0 Å². The van der Waals surface area contributed by atoms with Crippen LogP contribution >= 0.6 is 12.2 Å². The van der Waals surface area contributed by atoms with Gasteiger partial charge in [-0.15, -0.1) is 0 Å². The van der Waals surface area contributed by atoms with E-state index in [9.17, 15) is 0 Å². The van der Waals surface area contributed by atoms with Crippen molar-refractivity contribution in [2.45, 2.75) is 32.6 Å². The average Bonchev–Trinajstić information content (AvgIpc) is 2.03. The summed E-state index contributed by atoms with van der Waals surface area (Å²) in [7, 11) is 0. The van der Waals surface area contributed by atoms with E-state index in [0.29, 0.717) is 0 Å². The topological polar surface area (TPSA) is 12.4 Å². The average molecular weight is 169 g/mol. The van der Waals surface area contributed by atoms with Crippen molar-refractivity contribution in [3.8, 4) is 0 Å². The van der Waals surface area contributed by atoms with E-state index in [1.54, 1.807) is 0 Å². The first kappa shape index (κ1) is 8.89. The maximum absolute atomic E-state index is 4.54. The van der Waals surface area contributed by atoms with Crippen molar-refractivity contribution in [2.24, 2.45) is 16.8 Å². The van der Waals surface area contributed by atoms with Crippen LogP contribution in [0.15, 0.2) is 4.99 Å². The van der Waals surface area contributed by atoms with Crippen LogP contribution in [0.1, 0.15) is 32.6 Å². The van der Waals surface area contributed by atoms with Crippen LogP contribution in [0.5, 0.6) is 0 Å². The van der Waals surface area contributed by atoms with Crippen molar-refractivity contribution in [2.75, 3.05) is 6.54 Å². The molecule has 0 saturated heterocycles. The number of thiocarbonyl (C=S) groups is 1. The Morgan fingerprint density at radius 3 is 2.82 bits per heavy atom. The zero-order valence-corrected chi connectivity index (χ0v) is 7.86. The molecule has 1 rings (SSSR count). The Morgan fingerprint density at radius 1 is 1.45 bits per heavy atom. The van der Waals surface area contributed by atoms with Gasteiger partial charge >= 0.3 is 0 Å². The smallest absolute Gasteiger partial charge is 0.0585 e. The van der Waals surface area contributed by atoms with Crippen LogP contribution in [0.25, 0.3) is 0 Å². The summed E-state index contributed by atoms with van der Waals surface area (Å²) in [4.78, 5) is 4.01. The van der Waals surface area contributed by atoms with Gasteiger partial charge in [-0.25, -0.2) is 4.99 Å². The standard InChI is InChI=1S/C9H15NS/c1-8-4-2-3-5-9(8)6-10-7-11/h8-9H,2-6H2,1H3. The molecule has 11 heavy (non-hydrogen) atoms. The zero-order chi connectivity index (χ0) is 8.10. The summed E-state index contributed by atoms with van der Waals surface area (Å²) in [6.45, 7) is 3.23. The third kappa shape index (κ3) is 2.72. The summed E-state index contributed by atoms with van der Waals surface area (Å²) in [6.07, 6.45) is 5.49. The number of nitrogens with zero attached hydrogens (tertiary/aromatic N) is 1. The first-order valence-electron chi connectivity index (χ1n) is 4.38. The van der Waals surface area contributed by atoms with E-state index in [1.165, 1.54) is 25.7 Å². The third-order valence-electron chi connectivity index (χ3n) is 2.68. The molecule has 1 aliphatic rings. The monoisotopic (exact) mass is 169 g/mol. The van der Waals surface area contributed by atoms with Gasteiger partial charge in [-0.2, -0.15) is 0 Å². The number of aliphatic imine (C=N–C) groups is 1. The summed E-state index contributed by atoms with van der Waals surface area (Å²) in [5, 5.41) is 2.44. The third-order valence-corrected chi connectivity index (χ3v) is 2.81. The van der Waals surface area contributed by atoms with Gasteiger partial charge in [-0.3, -0.25) is 0 Å². The Balaban J connectivity index is 2.35. The molecule has 0 aromatic rings. The summed E-state index contributed by atoms with van der Waals surface area (Å²) in [5.74, 6) is 1.62. The summed E-state index contributed by atoms with van der Waals surface area (Å²) < 4.78 is 0. The maximum Gasteiger partial charge on any atom is 0.0585 e. The van der Waals surface area contributed by atoms with Crippen molar-refractivity contribution >= 4 is 17.4 Å². The normalized spacial score (nSPS) is 31.0. The lowest BCUT2D eigenvalue weighted by atomic mass is 9.80. The van der Waals surface area contributed by atoms with Gasteiger partial charge in [0.2, 0.25) is 0 Å². The molecule has 0 aliphatic heterocycles.